The summed E-state index contributed by atoms with van der Waals surface area (Å²) in [6, 6.07) is 9.14. The van der Waals surface area contributed by atoms with E-state index in [4.69, 9.17) is 4.98 Å². The predicted molar refractivity (Wildman–Crippen MR) is 85.9 cm³/mol. The van der Waals surface area contributed by atoms with Gasteiger partial charge < -0.3 is 10.2 Å². The largest absolute Gasteiger partial charge is 0.357 e. The van der Waals surface area contributed by atoms with Gasteiger partial charge in [0.1, 0.15) is 5.82 Å². The van der Waals surface area contributed by atoms with Crippen LogP contribution in [0.25, 0.3) is 10.9 Å². The van der Waals surface area contributed by atoms with Gasteiger partial charge in [0.05, 0.1) is 5.52 Å². The number of nitrogens with one attached hydrogen (secondary N) is 1. The molecule has 5 nitrogen and oxygen atoms in total. The molecule has 1 N–H and O–H groups in total. The summed E-state index contributed by atoms with van der Waals surface area (Å²) in [6.07, 6.45) is 2.78. The molecule has 0 bridgehead atoms. The minimum atomic E-state index is 0.702. The van der Waals surface area contributed by atoms with Crippen molar-refractivity contribution in [2.24, 2.45) is 0 Å². The van der Waals surface area contributed by atoms with Gasteiger partial charge in [0.2, 0.25) is 5.95 Å². The number of fused-ring (bicyclic) bond motifs is 1. The normalized spacial score (nSPS) is 20.0. The topological polar surface area (TPSA) is 44.3 Å². The summed E-state index contributed by atoms with van der Waals surface area (Å²) in [5.41, 5.74) is 1.01. The van der Waals surface area contributed by atoms with E-state index in [1.807, 2.05) is 13.1 Å². The van der Waals surface area contributed by atoms with E-state index in [1.165, 1.54) is 12.8 Å². The van der Waals surface area contributed by atoms with Crippen molar-refractivity contribution >= 4 is 22.7 Å². The van der Waals surface area contributed by atoms with Crippen LogP contribution in [0.15, 0.2) is 24.3 Å². The Morgan fingerprint density at radius 1 is 1.05 bits per heavy atom. The fraction of sp³-hybridized carbons (Fsp3) is 0.500. The van der Waals surface area contributed by atoms with Crippen LogP contribution < -0.4 is 10.2 Å². The molecule has 0 radical (unpaired) electrons. The third-order valence-electron chi connectivity index (χ3n) is 4.48. The first-order valence-electron chi connectivity index (χ1n) is 7.78. The molecule has 0 amide bonds. The van der Waals surface area contributed by atoms with E-state index >= 15 is 0 Å². The van der Waals surface area contributed by atoms with Gasteiger partial charge in [-0.05, 0) is 25.0 Å². The van der Waals surface area contributed by atoms with Crippen LogP contribution in [-0.4, -0.2) is 54.1 Å². The van der Waals surface area contributed by atoms with Gasteiger partial charge in [0.25, 0.3) is 0 Å². The summed E-state index contributed by atoms with van der Waals surface area (Å²) < 4.78 is 0. The SMILES string of the molecule is CNc1nc(N2CCN(C3CC3)CC2)c2ccccc2n1. The Balaban J connectivity index is 1.65. The van der Waals surface area contributed by atoms with Gasteiger partial charge >= 0.3 is 0 Å². The quantitative estimate of drug-likeness (QED) is 0.933. The molecule has 2 fully saturated rings. The molecule has 1 aliphatic heterocycles. The third kappa shape index (κ3) is 2.42. The van der Waals surface area contributed by atoms with E-state index in [9.17, 15) is 0 Å². The molecule has 1 saturated heterocycles. The molecule has 0 unspecified atom stereocenters. The van der Waals surface area contributed by atoms with E-state index in [0.717, 1.165) is 48.9 Å². The van der Waals surface area contributed by atoms with Crippen molar-refractivity contribution in [1.29, 1.82) is 0 Å². The number of aromatic nitrogens is 2. The maximum absolute atomic E-state index is 4.71. The highest BCUT2D eigenvalue weighted by molar-refractivity contribution is 5.90. The third-order valence-corrected chi connectivity index (χ3v) is 4.48. The van der Waals surface area contributed by atoms with Gasteiger partial charge in [-0.15, -0.1) is 0 Å². The summed E-state index contributed by atoms with van der Waals surface area (Å²) in [5.74, 6) is 1.77. The molecule has 21 heavy (non-hydrogen) atoms. The summed E-state index contributed by atoms with van der Waals surface area (Å²) in [5, 5.41) is 4.23. The summed E-state index contributed by atoms with van der Waals surface area (Å²) in [7, 11) is 1.87. The lowest BCUT2D eigenvalue weighted by Crippen LogP contribution is -2.47. The molecule has 1 aromatic heterocycles. The van der Waals surface area contributed by atoms with Crippen LogP contribution in [-0.2, 0) is 0 Å². The van der Waals surface area contributed by atoms with E-state index in [1.54, 1.807) is 0 Å². The van der Waals surface area contributed by atoms with E-state index < -0.39 is 0 Å². The lowest BCUT2D eigenvalue weighted by atomic mass is 10.2. The highest BCUT2D eigenvalue weighted by Crippen LogP contribution is 2.30. The molecule has 2 heterocycles. The number of para-hydroxylation sites is 1. The monoisotopic (exact) mass is 283 g/mol. The second kappa shape index (κ2) is 5.15. The fourth-order valence-corrected chi connectivity index (χ4v) is 3.15. The highest BCUT2D eigenvalue weighted by Gasteiger charge is 2.31. The summed E-state index contributed by atoms with van der Waals surface area (Å²) in [6.45, 7) is 4.41. The Morgan fingerprint density at radius 2 is 1.81 bits per heavy atom. The van der Waals surface area contributed by atoms with Crippen LogP contribution in [0.1, 0.15) is 12.8 Å². The predicted octanol–water partition coefficient (Wildman–Crippen LogP) is 1.96. The van der Waals surface area contributed by atoms with E-state index in [2.05, 4.69) is 38.3 Å². The average Bonchev–Trinajstić information content (AvgIpc) is 3.39. The summed E-state index contributed by atoms with van der Waals surface area (Å²) >= 11 is 0. The molecule has 2 aromatic rings. The second-order valence-corrected chi connectivity index (χ2v) is 5.89. The smallest absolute Gasteiger partial charge is 0.224 e. The average molecular weight is 283 g/mol. The standard InChI is InChI=1S/C16H21N5/c1-17-16-18-14-5-3-2-4-13(14)15(19-16)21-10-8-20(9-11-21)12-6-7-12/h2-5,12H,6-11H2,1H3,(H,17,18,19). The Hall–Kier alpha value is -1.88. The van der Waals surface area contributed by atoms with E-state index in [-0.39, 0.29) is 0 Å². The zero-order chi connectivity index (χ0) is 14.2. The Kier molecular flexibility index (Phi) is 3.15. The van der Waals surface area contributed by atoms with E-state index in [0.29, 0.717) is 5.95 Å². The molecule has 2 aliphatic rings. The minimum Gasteiger partial charge on any atom is -0.357 e. The molecule has 4 rings (SSSR count). The Morgan fingerprint density at radius 3 is 2.52 bits per heavy atom. The number of anilines is 2. The first-order chi connectivity index (χ1) is 10.3. The zero-order valence-corrected chi connectivity index (χ0v) is 12.4. The van der Waals surface area contributed by atoms with Crippen LogP contribution in [0.3, 0.4) is 0 Å². The van der Waals surface area contributed by atoms with Gasteiger partial charge in [-0.25, -0.2) is 4.98 Å². The van der Waals surface area contributed by atoms with Crippen molar-refractivity contribution in [2.45, 2.75) is 18.9 Å². The van der Waals surface area contributed by atoms with Gasteiger partial charge in [-0.3, -0.25) is 4.90 Å². The Bertz CT molecular complexity index is 644. The van der Waals surface area contributed by atoms with Gasteiger partial charge in [0.15, 0.2) is 0 Å². The van der Waals surface area contributed by atoms with Crippen molar-refractivity contribution in [2.75, 3.05) is 43.4 Å². The Labute approximate surface area is 125 Å². The van der Waals surface area contributed by atoms with Crippen LogP contribution in [0.4, 0.5) is 11.8 Å². The lowest BCUT2D eigenvalue weighted by Gasteiger charge is -2.36. The number of rotatable bonds is 3. The van der Waals surface area contributed by atoms with Gasteiger partial charge in [-0.2, -0.15) is 4.98 Å². The van der Waals surface area contributed by atoms with Crippen LogP contribution >= 0.6 is 0 Å². The number of benzene rings is 1. The molecule has 0 atom stereocenters. The zero-order valence-electron chi connectivity index (χ0n) is 12.4. The second-order valence-electron chi connectivity index (χ2n) is 5.89. The van der Waals surface area contributed by atoms with Gasteiger partial charge in [0, 0.05) is 44.7 Å². The number of hydrogen-bond donors (Lipinski definition) is 1. The van der Waals surface area contributed by atoms with Crippen LogP contribution in [0.5, 0.6) is 0 Å². The van der Waals surface area contributed by atoms with Crippen molar-refractivity contribution in [3.05, 3.63) is 24.3 Å². The molecule has 1 aromatic carbocycles. The van der Waals surface area contributed by atoms with Crippen molar-refractivity contribution in [1.82, 2.24) is 14.9 Å². The van der Waals surface area contributed by atoms with Crippen molar-refractivity contribution < 1.29 is 0 Å². The molecule has 1 saturated carbocycles. The minimum absolute atomic E-state index is 0.702. The maximum Gasteiger partial charge on any atom is 0.224 e. The highest BCUT2D eigenvalue weighted by atomic mass is 15.3. The number of nitrogens with zero attached hydrogens (tertiary/aromatic N) is 4. The lowest BCUT2D eigenvalue weighted by molar-refractivity contribution is 0.248. The molecular formula is C16H21N5. The molecule has 5 heteroatoms. The molecule has 1 aliphatic carbocycles. The fourth-order valence-electron chi connectivity index (χ4n) is 3.15. The van der Waals surface area contributed by atoms with Crippen molar-refractivity contribution in [3.63, 3.8) is 0 Å². The van der Waals surface area contributed by atoms with Crippen LogP contribution in [0.2, 0.25) is 0 Å². The van der Waals surface area contributed by atoms with Crippen LogP contribution in [0, 0.1) is 0 Å². The number of piperazine rings is 1. The first-order valence-corrected chi connectivity index (χ1v) is 7.78. The van der Waals surface area contributed by atoms with Crippen molar-refractivity contribution in [3.8, 4) is 0 Å². The van der Waals surface area contributed by atoms with Gasteiger partial charge in [-0.1, -0.05) is 12.1 Å². The maximum atomic E-state index is 4.71. The molecule has 0 spiro atoms. The molecular weight excluding hydrogens is 262 g/mol. The first kappa shape index (κ1) is 12.8. The molecule has 110 valence electrons. The summed E-state index contributed by atoms with van der Waals surface area (Å²) in [4.78, 5) is 14.3. The number of hydrogen-bond acceptors (Lipinski definition) is 5.